The predicted molar refractivity (Wildman–Crippen MR) is 126 cm³/mol. The summed E-state index contributed by atoms with van der Waals surface area (Å²) in [6.45, 7) is 13.3. The first-order chi connectivity index (χ1) is 16.2. The highest BCUT2D eigenvalue weighted by atomic mass is 16.6. The summed E-state index contributed by atoms with van der Waals surface area (Å²) in [6, 6.07) is -1.46. The monoisotopic (exact) mass is 505 g/mol. The van der Waals surface area contributed by atoms with Crippen LogP contribution in [0.15, 0.2) is 0 Å². The molecule has 2 amide bonds. The third kappa shape index (κ3) is 11.1. The van der Waals surface area contributed by atoms with E-state index in [-0.39, 0.29) is 26.4 Å². The van der Waals surface area contributed by atoms with Gasteiger partial charge in [-0.15, -0.1) is 0 Å². The molecule has 204 valence electrons. The number of carbonyl (C=O) groups is 3. The van der Waals surface area contributed by atoms with E-state index in [2.05, 4.69) is 0 Å². The summed E-state index contributed by atoms with van der Waals surface area (Å²) in [5.74, 6) is -0.888. The number of rotatable bonds is 8. The largest absolute Gasteiger partial charge is 0.458 e. The molecular formula is C24H43NO10. The van der Waals surface area contributed by atoms with Crippen LogP contribution in [0.2, 0.25) is 0 Å². The van der Waals surface area contributed by atoms with Crippen LogP contribution >= 0.6 is 0 Å². The van der Waals surface area contributed by atoms with Crippen molar-refractivity contribution >= 4 is 18.2 Å². The first-order valence-corrected chi connectivity index (χ1v) is 12.1. The Kier molecular flexibility index (Phi) is 12.4. The van der Waals surface area contributed by atoms with E-state index in [1.807, 2.05) is 6.92 Å². The number of cyclic esters (lactones) is 1. The first-order valence-electron chi connectivity index (χ1n) is 12.1. The quantitative estimate of drug-likeness (QED) is 0.298. The fourth-order valence-electron chi connectivity index (χ4n) is 3.17. The van der Waals surface area contributed by atoms with Crippen molar-refractivity contribution in [3.8, 4) is 0 Å². The smallest absolute Gasteiger partial charge is 0.420 e. The van der Waals surface area contributed by atoms with Crippen molar-refractivity contribution in [1.82, 2.24) is 4.90 Å². The van der Waals surface area contributed by atoms with Crippen LogP contribution in [0.5, 0.6) is 0 Å². The molecule has 1 N–H and O–H groups in total. The Bertz CT molecular complexity index is 657. The van der Waals surface area contributed by atoms with Gasteiger partial charge in [-0.25, -0.2) is 14.4 Å². The summed E-state index contributed by atoms with van der Waals surface area (Å²) in [5.41, 5.74) is -1.87. The Morgan fingerprint density at radius 1 is 1.00 bits per heavy atom. The lowest BCUT2D eigenvalue weighted by molar-refractivity contribution is -0.170. The molecule has 4 atom stereocenters. The minimum atomic E-state index is -1.46. The molecule has 11 heteroatoms. The van der Waals surface area contributed by atoms with Crippen LogP contribution in [0.4, 0.5) is 9.59 Å². The molecule has 0 aromatic heterocycles. The van der Waals surface area contributed by atoms with E-state index in [9.17, 15) is 19.5 Å². The van der Waals surface area contributed by atoms with Crippen molar-refractivity contribution in [1.29, 1.82) is 0 Å². The summed E-state index contributed by atoms with van der Waals surface area (Å²) in [7, 11) is 0. The van der Waals surface area contributed by atoms with Crippen molar-refractivity contribution in [3.05, 3.63) is 0 Å². The summed E-state index contributed by atoms with van der Waals surface area (Å²) < 4.78 is 33.8. The van der Waals surface area contributed by atoms with Crippen molar-refractivity contribution in [2.45, 2.75) is 104 Å². The number of ether oxygens (including phenoxy) is 6. The molecule has 0 saturated carbocycles. The topological polar surface area (TPSA) is 130 Å². The number of nitrogens with zero attached hydrogens (tertiary/aromatic N) is 1. The van der Waals surface area contributed by atoms with Crippen molar-refractivity contribution in [3.63, 3.8) is 0 Å². The fraction of sp³-hybridized carbons (Fsp3) is 0.875. The summed E-state index contributed by atoms with van der Waals surface area (Å²) in [5, 5.41) is 9.23. The average Bonchev–Trinajstić information content (AvgIpc) is 2.74. The number of amides is 2. The predicted octanol–water partition coefficient (Wildman–Crippen LogP) is 3.05. The van der Waals surface area contributed by atoms with Crippen LogP contribution in [0, 0.1) is 0 Å². The second kappa shape index (κ2) is 14.0. The van der Waals surface area contributed by atoms with Crippen LogP contribution in [0.1, 0.15) is 68.2 Å². The number of imide groups is 1. The zero-order valence-electron chi connectivity index (χ0n) is 22.3. The number of unbranched alkanes of at least 4 members (excludes halogenated alkanes) is 1. The Morgan fingerprint density at radius 2 is 1.57 bits per heavy atom. The summed E-state index contributed by atoms with van der Waals surface area (Å²) in [4.78, 5) is 39.8. The van der Waals surface area contributed by atoms with Gasteiger partial charge < -0.3 is 33.5 Å². The van der Waals surface area contributed by atoms with Crippen LogP contribution in [0.3, 0.4) is 0 Å². The Hall–Kier alpha value is -1.95. The normalized spacial score (nSPS) is 24.0. The van der Waals surface area contributed by atoms with Crippen molar-refractivity contribution in [2.24, 2.45) is 0 Å². The van der Waals surface area contributed by atoms with Gasteiger partial charge in [0, 0.05) is 6.61 Å². The lowest BCUT2D eigenvalue weighted by Gasteiger charge is -2.32. The number of aliphatic hydroxyl groups excluding tert-OH is 1. The van der Waals surface area contributed by atoms with E-state index in [0.717, 1.165) is 12.8 Å². The molecule has 1 saturated heterocycles. The number of hydrogen-bond donors (Lipinski definition) is 1. The average molecular weight is 506 g/mol. The lowest BCUT2D eigenvalue weighted by atomic mass is 10.1. The van der Waals surface area contributed by atoms with Gasteiger partial charge in [-0.1, -0.05) is 13.3 Å². The summed E-state index contributed by atoms with van der Waals surface area (Å²) in [6.07, 6.45) is -2.57. The fourth-order valence-corrected chi connectivity index (χ4v) is 3.17. The number of aliphatic hydroxyl groups is 1. The maximum atomic E-state index is 13.2. The minimum Gasteiger partial charge on any atom is -0.458 e. The summed E-state index contributed by atoms with van der Waals surface area (Å²) >= 11 is 0. The Labute approximate surface area is 208 Å². The molecule has 1 fully saturated rings. The van der Waals surface area contributed by atoms with Crippen LogP contribution in [-0.2, 0) is 33.2 Å². The van der Waals surface area contributed by atoms with Crippen molar-refractivity contribution < 1.29 is 47.9 Å². The first kappa shape index (κ1) is 31.1. The van der Waals surface area contributed by atoms with Crippen LogP contribution in [0.25, 0.3) is 0 Å². The minimum absolute atomic E-state index is 0.00552. The molecule has 4 unspecified atom stereocenters. The van der Waals surface area contributed by atoms with Crippen LogP contribution < -0.4 is 0 Å². The SMILES string of the molecule is CCCCOC1COCC(N(C(=O)OC(C)(C)C)C(=O)OC(C)(C)C)C(=O)OC(C)C1OCCO. The molecule has 11 nitrogen and oxygen atoms in total. The van der Waals surface area contributed by atoms with Gasteiger partial charge in [0.25, 0.3) is 0 Å². The second-order valence-electron chi connectivity index (χ2n) is 10.3. The molecule has 0 radical (unpaired) electrons. The highest BCUT2D eigenvalue weighted by Gasteiger charge is 2.44. The molecule has 0 aromatic carbocycles. The Morgan fingerprint density at radius 3 is 2.06 bits per heavy atom. The molecule has 0 bridgehead atoms. The molecule has 35 heavy (non-hydrogen) atoms. The molecule has 1 aliphatic rings. The van der Waals surface area contributed by atoms with E-state index < -0.39 is 53.7 Å². The molecule has 0 aliphatic carbocycles. The highest BCUT2D eigenvalue weighted by Crippen LogP contribution is 2.22. The van der Waals surface area contributed by atoms with E-state index in [1.165, 1.54) is 0 Å². The number of hydrogen-bond acceptors (Lipinski definition) is 10. The van der Waals surface area contributed by atoms with Gasteiger partial charge >= 0.3 is 18.2 Å². The van der Waals surface area contributed by atoms with E-state index in [0.29, 0.717) is 11.5 Å². The third-order valence-electron chi connectivity index (χ3n) is 4.68. The third-order valence-corrected chi connectivity index (χ3v) is 4.68. The highest BCUT2D eigenvalue weighted by molar-refractivity contribution is 5.94. The Balaban J connectivity index is 3.26. The second-order valence-corrected chi connectivity index (χ2v) is 10.3. The van der Waals surface area contributed by atoms with E-state index in [4.69, 9.17) is 28.4 Å². The standard InChI is InChI=1S/C24H43NO10/c1-9-10-12-31-18-15-30-14-17(20(27)33-16(2)19(18)32-13-11-26)25(21(28)34-23(3,4)5)22(29)35-24(6,7)8/h16-19,26H,9-15H2,1-8H3. The molecular weight excluding hydrogens is 462 g/mol. The molecule has 1 heterocycles. The number of carbonyl (C=O) groups excluding carboxylic acids is 3. The molecule has 0 aromatic rings. The maximum absolute atomic E-state index is 13.2. The maximum Gasteiger partial charge on any atom is 0.420 e. The molecule has 0 spiro atoms. The van der Waals surface area contributed by atoms with Gasteiger partial charge in [-0.2, -0.15) is 4.90 Å². The van der Waals surface area contributed by atoms with Crippen LogP contribution in [-0.4, -0.2) is 96.8 Å². The molecule has 1 aliphatic heterocycles. The number of esters is 1. The van der Waals surface area contributed by atoms with Gasteiger partial charge in [-0.3, -0.25) is 0 Å². The van der Waals surface area contributed by atoms with Gasteiger partial charge in [0.05, 0.1) is 26.4 Å². The molecule has 1 rings (SSSR count). The zero-order valence-corrected chi connectivity index (χ0v) is 22.3. The zero-order chi connectivity index (χ0) is 26.8. The lowest BCUT2D eigenvalue weighted by Crippen LogP contribution is -2.54. The van der Waals surface area contributed by atoms with E-state index in [1.54, 1.807) is 48.5 Å². The van der Waals surface area contributed by atoms with Gasteiger partial charge in [0.15, 0.2) is 6.04 Å². The van der Waals surface area contributed by atoms with E-state index >= 15 is 0 Å². The van der Waals surface area contributed by atoms with Gasteiger partial charge in [-0.05, 0) is 54.9 Å². The van der Waals surface area contributed by atoms with Gasteiger partial charge in [0.2, 0.25) is 0 Å². The van der Waals surface area contributed by atoms with Crippen molar-refractivity contribution in [2.75, 3.05) is 33.0 Å². The van der Waals surface area contributed by atoms with Gasteiger partial charge in [0.1, 0.15) is 29.5 Å².